The first-order chi connectivity index (χ1) is 13.4. The van der Waals surface area contributed by atoms with Crippen LogP contribution in [-0.4, -0.2) is 30.8 Å². The molecule has 1 unspecified atom stereocenters. The number of aliphatic hydroxyl groups is 1. The van der Waals surface area contributed by atoms with Crippen LogP contribution in [0.3, 0.4) is 0 Å². The molecule has 3 N–H and O–H groups in total. The number of carbonyl (C=O) groups excluding carboxylic acids is 1. The van der Waals surface area contributed by atoms with E-state index in [1.165, 1.54) is 0 Å². The number of aliphatic hydroxyl groups excluding tert-OH is 1. The molecule has 2 aromatic carbocycles. The lowest BCUT2D eigenvalue weighted by molar-refractivity contribution is -0.133. The lowest BCUT2D eigenvalue weighted by Crippen LogP contribution is -2.27. The topological polar surface area (TPSA) is 79.8 Å². The molecule has 0 saturated carbocycles. The molecule has 1 atom stereocenters. The monoisotopic (exact) mass is 386 g/mol. The van der Waals surface area contributed by atoms with Gasteiger partial charge in [-0.25, -0.2) is 0 Å². The van der Waals surface area contributed by atoms with Crippen LogP contribution in [0.1, 0.15) is 44.4 Å². The third-order valence-corrected chi connectivity index (χ3v) is 4.26. The predicted molar refractivity (Wildman–Crippen MR) is 111 cm³/mol. The number of hydrogen-bond donors (Lipinski definition) is 3. The van der Waals surface area contributed by atoms with Gasteiger partial charge in [-0.2, -0.15) is 0 Å². The van der Waals surface area contributed by atoms with E-state index in [0.29, 0.717) is 30.9 Å². The third-order valence-electron chi connectivity index (χ3n) is 4.26. The molecule has 0 amide bonds. The highest BCUT2D eigenvalue weighted by Crippen LogP contribution is 2.29. The number of methoxy groups -OCH3 is 1. The van der Waals surface area contributed by atoms with E-state index in [-0.39, 0.29) is 12.0 Å². The number of benzene rings is 2. The summed E-state index contributed by atoms with van der Waals surface area (Å²) in [5, 5.41) is 17.0. The zero-order valence-electron chi connectivity index (χ0n) is 17.0. The standard InChI is InChI=1S/C22H30N2O4/c1-5-22(26)28-21-11-8-17(20(25)14-23-15(2)3)12-19(21)24-13-16-6-9-18(27-4)10-7-16/h6-12,15,20,23-25H,5,13-14H2,1-4H3. The van der Waals surface area contributed by atoms with Crippen LogP contribution in [0.2, 0.25) is 0 Å². The van der Waals surface area contributed by atoms with Gasteiger partial charge in [-0.05, 0) is 35.4 Å². The zero-order valence-corrected chi connectivity index (χ0v) is 17.0. The van der Waals surface area contributed by atoms with Gasteiger partial charge in [0.2, 0.25) is 0 Å². The summed E-state index contributed by atoms with van der Waals surface area (Å²) in [5.74, 6) is 0.944. The molecular formula is C22H30N2O4. The minimum absolute atomic E-state index is 0.284. The predicted octanol–water partition coefficient (Wildman–Crippen LogP) is 3.65. The molecule has 2 aromatic rings. The normalized spacial score (nSPS) is 11.9. The second-order valence-electron chi connectivity index (χ2n) is 6.86. The Hall–Kier alpha value is -2.57. The third kappa shape index (κ3) is 6.55. The van der Waals surface area contributed by atoms with E-state index in [9.17, 15) is 9.90 Å². The fourth-order valence-corrected chi connectivity index (χ4v) is 2.58. The summed E-state index contributed by atoms with van der Waals surface area (Å²) in [4.78, 5) is 11.8. The summed E-state index contributed by atoms with van der Waals surface area (Å²) in [6, 6.07) is 13.3. The number of esters is 1. The molecule has 152 valence electrons. The largest absolute Gasteiger partial charge is 0.497 e. The molecule has 2 rings (SSSR count). The lowest BCUT2D eigenvalue weighted by atomic mass is 10.1. The first-order valence-electron chi connectivity index (χ1n) is 9.55. The molecule has 28 heavy (non-hydrogen) atoms. The van der Waals surface area contributed by atoms with E-state index >= 15 is 0 Å². The summed E-state index contributed by atoms with van der Waals surface area (Å²) >= 11 is 0. The van der Waals surface area contributed by atoms with Gasteiger partial charge in [0.25, 0.3) is 0 Å². The van der Waals surface area contributed by atoms with E-state index in [4.69, 9.17) is 9.47 Å². The molecule has 6 heteroatoms. The molecule has 0 bridgehead atoms. The van der Waals surface area contributed by atoms with Crippen molar-refractivity contribution in [3.05, 3.63) is 53.6 Å². The van der Waals surface area contributed by atoms with E-state index in [2.05, 4.69) is 10.6 Å². The van der Waals surface area contributed by atoms with Gasteiger partial charge >= 0.3 is 5.97 Å². The van der Waals surface area contributed by atoms with E-state index < -0.39 is 6.10 Å². The molecule has 6 nitrogen and oxygen atoms in total. The van der Waals surface area contributed by atoms with Crippen molar-refractivity contribution >= 4 is 11.7 Å². The Morgan fingerprint density at radius 1 is 1.14 bits per heavy atom. The van der Waals surface area contributed by atoms with Crippen LogP contribution in [0.4, 0.5) is 5.69 Å². The molecule has 0 aliphatic heterocycles. The highest BCUT2D eigenvalue weighted by atomic mass is 16.5. The number of rotatable bonds is 10. The fourth-order valence-electron chi connectivity index (χ4n) is 2.58. The summed E-state index contributed by atoms with van der Waals surface area (Å²) in [5.41, 5.74) is 2.47. The first kappa shape index (κ1) is 21.7. The Morgan fingerprint density at radius 3 is 2.46 bits per heavy atom. The van der Waals surface area contributed by atoms with Crippen LogP contribution in [0.5, 0.6) is 11.5 Å². The minimum Gasteiger partial charge on any atom is -0.497 e. The van der Waals surface area contributed by atoms with Crippen LogP contribution in [0.15, 0.2) is 42.5 Å². The number of hydrogen-bond acceptors (Lipinski definition) is 6. The van der Waals surface area contributed by atoms with Crippen molar-refractivity contribution < 1.29 is 19.4 Å². The summed E-state index contributed by atoms with van der Waals surface area (Å²) in [7, 11) is 1.63. The highest BCUT2D eigenvalue weighted by Gasteiger charge is 2.14. The SMILES string of the molecule is CCC(=O)Oc1ccc(C(O)CNC(C)C)cc1NCc1ccc(OC)cc1. The second kappa shape index (κ2) is 10.7. The number of nitrogens with one attached hydrogen (secondary N) is 2. The molecule has 0 aliphatic rings. The Kier molecular flexibility index (Phi) is 8.29. The van der Waals surface area contributed by atoms with Gasteiger partial charge in [0.1, 0.15) is 5.75 Å². The van der Waals surface area contributed by atoms with Gasteiger partial charge in [-0.15, -0.1) is 0 Å². The van der Waals surface area contributed by atoms with Gasteiger partial charge < -0.3 is 25.2 Å². The van der Waals surface area contributed by atoms with Crippen molar-refractivity contribution in [3.63, 3.8) is 0 Å². The molecule has 0 spiro atoms. The van der Waals surface area contributed by atoms with Gasteiger partial charge in [-0.1, -0.05) is 39.0 Å². The molecule has 0 heterocycles. The van der Waals surface area contributed by atoms with Gasteiger partial charge in [0, 0.05) is 25.6 Å². The second-order valence-corrected chi connectivity index (χ2v) is 6.86. The quantitative estimate of drug-likeness (QED) is 0.427. The molecule has 0 fully saturated rings. The summed E-state index contributed by atoms with van der Waals surface area (Å²) in [6.07, 6.45) is -0.361. The molecular weight excluding hydrogens is 356 g/mol. The van der Waals surface area contributed by atoms with Crippen LogP contribution >= 0.6 is 0 Å². The summed E-state index contributed by atoms with van der Waals surface area (Å²) < 4.78 is 10.6. The van der Waals surface area contributed by atoms with Crippen LogP contribution < -0.4 is 20.1 Å². The smallest absolute Gasteiger partial charge is 0.310 e. The number of anilines is 1. The van der Waals surface area contributed by atoms with Crippen molar-refractivity contribution in [1.29, 1.82) is 0 Å². The Labute approximate surface area is 166 Å². The maximum Gasteiger partial charge on any atom is 0.310 e. The van der Waals surface area contributed by atoms with Crippen molar-refractivity contribution in [2.24, 2.45) is 0 Å². The van der Waals surface area contributed by atoms with E-state index in [1.54, 1.807) is 26.2 Å². The van der Waals surface area contributed by atoms with Crippen LogP contribution in [0.25, 0.3) is 0 Å². The van der Waals surface area contributed by atoms with Crippen molar-refractivity contribution in [2.45, 2.75) is 45.9 Å². The van der Waals surface area contributed by atoms with Crippen LogP contribution in [0, 0.1) is 0 Å². The maximum atomic E-state index is 11.8. The average molecular weight is 386 g/mol. The van der Waals surface area contributed by atoms with Crippen molar-refractivity contribution in [2.75, 3.05) is 19.0 Å². The fraction of sp³-hybridized carbons (Fsp3) is 0.409. The lowest BCUT2D eigenvalue weighted by Gasteiger charge is -2.18. The van der Waals surface area contributed by atoms with Gasteiger partial charge in [0.15, 0.2) is 5.75 Å². The highest BCUT2D eigenvalue weighted by molar-refractivity contribution is 5.75. The number of carbonyl (C=O) groups is 1. The van der Waals surface area contributed by atoms with Crippen molar-refractivity contribution in [3.8, 4) is 11.5 Å². The Morgan fingerprint density at radius 2 is 1.86 bits per heavy atom. The van der Waals surface area contributed by atoms with Crippen LogP contribution in [-0.2, 0) is 11.3 Å². The summed E-state index contributed by atoms with van der Waals surface area (Å²) in [6.45, 7) is 6.81. The Bertz CT molecular complexity index is 760. The average Bonchev–Trinajstić information content (AvgIpc) is 2.71. The van der Waals surface area contributed by atoms with Gasteiger partial charge in [0.05, 0.1) is 18.9 Å². The zero-order chi connectivity index (χ0) is 20.5. The maximum absolute atomic E-state index is 11.8. The van der Waals surface area contributed by atoms with Crippen molar-refractivity contribution in [1.82, 2.24) is 5.32 Å². The Balaban J connectivity index is 2.17. The molecule has 0 aliphatic carbocycles. The van der Waals surface area contributed by atoms with Gasteiger partial charge in [-0.3, -0.25) is 4.79 Å². The first-order valence-corrected chi connectivity index (χ1v) is 9.55. The molecule has 0 aromatic heterocycles. The van der Waals surface area contributed by atoms with E-state index in [1.807, 2.05) is 44.2 Å². The van der Waals surface area contributed by atoms with E-state index in [0.717, 1.165) is 16.9 Å². The molecule has 0 radical (unpaired) electrons. The number of ether oxygens (including phenoxy) is 2. The molecule has 0 saturated heterocycles. The minimum atomic E-state index is -0.653.